The number of hydrogen-bond acceptors (Lipinski definition) is 5. The number of aliphatic carboxylic acids is 2. The average Bonchev–Trinajstić information content (AvgIpc) is 3.21. The van der Waals surface area contributed by atoms with Gasteiger partial charge in [-0.3, -0.25) is 9.69 Å². The number of nitrogens with zero attached hydrogens (tertiary/aromatic N) is 1. The highest BCUT2D eigenvalue weighted by Crippen LogP contribution is 2.16. The van der Waals surface area contributed by atoms with Crippen LogP contribution in [0.15, 0.2) is 48.5 Å². The lowest BCUT2D eigenvalue weighted by Crippen LogP contribution is -2.18. The van der Waals surface area contributed by atoms with Gasteiger partial charge in [-0.2, -0.15) is 0 Å². The highest BCUT2D eigenvalue weighted by Gasteiger charge is 2.11. The molecule has 0 amide bonds. The summed E-state index contributed by atoms with van der Waals surface area (Å²) in [6.45, 7) is 5.61. The SMILES string of the molecule is CC(=O)c1ccc(OCc2ccc(CN3CCCC3)cc2)cc1.O=C(O)C(=O)O. The third-order valence-corrected chi connectivity index (χ3v) is 4.48. The van der Waals surface area contributed by atoms with Crippen molar-refractivity contribution in [2.45, 2.75) is 32.9 Å². The van der Waals surface area contributed by atoms with Gasteiger partial charge in [-0.05, 0) is 68.2 Å². The van der Waals surface area contributed by atoms with Crippen molar-refractivity contribution in [2.75, 3.05) is 13.1 Å². The zero-order valence-corrected chi connectivity index (χ0v) is 16.3. The number of carboxylic acids is 2. The molecule has 0 aliphatic carbocycles. The predicted octanol–water partition coefficient (Wildman–Crippen LogP) is 3.22. The normalized spacial score (nSPS) is 13.3. The van der Waals surface area contributed by atoms with E-state index in [1.807, 2.05) is 12.1 Å². The lowest BCUT2D eigenvalue weighted by Gasteiger charge is -2.14. The molecule has 0 aromatic heterocycles. The zero-order chi connectivity index (χ0) is 21.2. The summed E-state index contributed by atoms with van der Waals surface area (Å²) in [6, 6.07) is 15.9. The van der Waals surface area contributed by atoms with E-state index >= 15 is 0 Å². The lowest BCUT2D eigenvalue weighted by atomic mass is 10.1. The summed E-state index contributed by atoms with van der Waals surface area (Å²) in [6.07, 6.45) is 2.66. The minimum Gasteiger partial charge on any atom is -0.489 e. The van der Waals surface area contributed by atoms with Gasteiger partial charge in [0.15, 0.2) is 5.78 Å². The van der Waals surface area contributed by atoms with Gasteiger partial charge in [0.25, 0.3) is 0 Å². The Kier molecular flexibility index (Phi) is 8.36. The number of Topliss-reactive ketones (excluding diaryl/α,β-unsaturated/α-hetero) is 1. The maximum Gasteiger partial charge on any atom is 0.414 e. The Labute approximate surface area is 169 Å². The summed E-state index contributed by atoms with van der Waals surface area (Å²) < 4.78 is 5.78. The molecule has 2 aromatic carbocycles. The van der Waals surface area contributed by atoms with E-state index in [0.29, 0.717) is 12.2 Å². The van der Waals surface area contributed by atoms with Crippen LogP contribution in [-0.4, -0.2) is 45.9 Å². The number of ketones is 1. The van der Waals surface area contributed by atoms with Crippen molar-refractivity contribution in [2.24, 2.45) is 0 Å². The Morgan fingerprint density at radius 1 is 0.862 bits per heavy atom. The average molecular weight is 399 g/mol. The van der Waals surface area contributed by atoms with Crippen LogP contribution in [-0.2, 0) is 22.7 Å². The first-order valence-electron chi connectivity index (χ1n) is 9.35. The quantitative estimate of drug-likeness (QED) is 0.568. The van der Waals surface area contributed by atoms with Crippen molar-refractivity contribution in [1.29, 1.82) is 0 Å². The maximum absolute atomic E-state index is 11.2. The monoisotopic (exact) mass is 399 g/mol. The minimum absolute atomic E-state index is 0.0742. The largest absolute Gasteiger partial charge is 0.489 e. The molecule has 1 aliphatic rings. The number of carboxylic acid groups (broad SMARTS) is 2. The van der Waals surface area contributed by atoms with Crippen molar-refractivity contribution in [1.82, 2.24) is 4.90 Å². The minimum atomic E-state index is -1.82. The van der Waals surface area contributed by atoms with Crippen LogP contribution in [0.1, 0.15) is 41.3 Å². The van der Waals surface area contributed by atoms with Crippen LogP contribution in [0.2, 0.25) is 0 Å². The summed E-state index contributed by atoms with van der Waals surface area (Å²) in [7, 11) is 0. The molecule has 7 heteroatoms. The van der Waals surface area contributed by atoms with Gasteiger partial charge in [-0.25, -0.2) is 9.59 Å². The van der Waals surface area contributed by atoms with Crippen LogP contribution in [0.4, 0.5) is 0 Å². The van der Waals surface area contributed by atoms with Crippen LogP contribution >= 0.6 is 0 Å². The number of carbonyl (C=O) groups is 3. The van der Waals surface area contributed by atoms with Gasteiger partial charge < -0.3 is 14.9 Å². The Morgan fingerprint density at radius 2 is 1.38 bits per heavy atom. The molecule has 29 heavy (non-hydrogen) atoms. The molecule has 0 unspecified atom stereocenters. The molecule has 1 heterocycles. The molecule has 2 N–H and O–H groups in total. The molecule has 0 bridgehead atoms. The first kappa shape index (κ1) is 22.1. The Morgan fingerprint density at radius 3 is 1.86 bits per heavy atom. The Bertz CT molecular complexity index is 811. The molecule has 1 fully saturated rings. The van der Waals surface area contributed by atoms with E-state index in [4.69, 9.17) is 24.5 Å². The van der Waals surface area contributed by atoms with Crippen LogP contribution in [0.25, 0.3) is 0 Å². The van der Waals surface area contributed by atoms with Gasteiger partial charge in [0.05, 0.1) is 0 Å². The molecule has 1 saturated heterocycles. The number of benzene rings is 2. The van der Waals surface area contributed by atoms with E-state index in [2.05, 4.69) is 29.2 Å². The summed E-state index contributed by atoms with van der Waals surface area (Å²) in [5.74, 6) is -2.79. The zero-order valence-electron chi connectivity index (χ0n) is 16.3. The fourth-order valence-electron chi connectivity index (χ4n) is 2.89. The molecule has 7 nitrogen and oxygen atoms in total. The smallest absolute Gasteiger partial charge is 0.414 e. The van der Waals surface area contributed by atoms with Gasteiger partial charge in [0.2, 0.25) is 0 Å². The Hall–Kier alpha value is -3.19. The van der Waals surface area contributed by atoms with E-state index in [1.165, 1.54) is 31.5 Å². The van der Waals surface area contributed by atoms with E-state index in [1.54, 1.807) is 19.1 Å². The molecule has 154 valence electrons. The van der Waals surface area contributed by atoms with Crippen molar-refractivity contribution in [3.63, 3.8) is 0 Å². The second-order valence-electron chi connectivity index (χ2n) is 6.78. The summed E-state index contributed by atoms with van der Waals surface area (Å²) in [5.41, 5.74) is 3.23. The second-order valence-corrected chi connectivity index (χ2v) is 6.78. The molecule has 1 aliphatic heterocycles. The molecule has 0 spiro atoms. The van der Waals surface area contributed by atoms with Crippen molar-refractivity contribution >= 4 is 17.7 Å². The standard InChI is InChI=1S/C20H23NO2.C2H2O4/c1-16(22)19-8-10-20(11-9-19)23-15-18-6-4-17(5-7-18)14-21-12-2-3-13-21;3-1(4)2(5)6/h4-11H,2-3,12-15H2,1H3;(H,3,4)(H,5,6). The van der Waals surface area contributed by atoms with Gasteiger partial charge in [0.1, 0.15) is 12.4 Å². The highest BCUT2D eigenvalue weighted by atomic mass is 16.5. The molecule has 2 aromatic rings. The molecular formula is C22H25NO6. The number of hydrogen-bond donors (Lipinski definition) is 2. The van der Waals surface area contributed by atoms with E-state index in [9.17, 15) is 4.79 Å². The third-order valence-electron chi connectivity index (χ3n) is 4.48. The number of likely N-dealkylation sites (tertiary alicyclic amines) is 1. The number of rotatable bonds is 6. The van der Waals surface area contributed by atoms with Crippen LogP contribution in [0.3, 0.4) is 0 Å². The highest BCUT2D eigenvalue weighted by molar-refractivity contribution is 6.27. The van der Waals surface area contributed by atoms with Crippen LogP contribution in [0, 0.1) is 0 Å². The van der Waals surface area contributed by atoms with Crippen molar-refractivity contribution < 1.29 is 29.3 Å². The van der Waals surface area contributed by atoms with Crippen LogP contribution < -0.4 is 4.74 Å². The van der Waals surface area contributed by atoms with E-state index in [-0.39, 0.29) is 5.78 Å². The van der Waals surface area contributed by atoms with Gasteiger partial charge in [-0.15, -0.1) is 0 Å². The summed E-state index contributed by atoms with van der Waals surface area (Å²) in [4.78, 5) is 31.9. The molecule has 0 radical (unpaired) electrons. The van der Waals surface area contributed by atoms with E-state index in [0.717, 1.165) is 17.9 Å². The maximum atomic E-state index is 11.2. The number of ether oxygens (including phenoxy) is 1. The van der Waals surface area contributed by atoms with Crippen LogP contribution in [0.5, 0.6) is 5.75 Å². The van der Waals surface area contributed by atoms with Gasteiger partial charge >= 0.3 is 11.9 Å². The van der Waals surface area contributed by atoms with Crippen molar-refractivity contribution in [3.8, 4) is 5.75 Å². The van der Waals surface area contributed by atoms with E-state index < -0.39 is 11.9 Å². The summed E-state index contributed by atoms with van der Waals surface area (Å²) in [5, 5.41) is 14.8. The number of carbonyl (C=O) groups excluding carboxylic acids is 1. The molecule has 3 rings (SSSR count). The first-order valence-corrected chi connectivity index (χ1v) is 9.35. The topological polar surface area (TPSA) is 104 Å². The third kappa shape index (κ3) is 7.75. The lowest BCUT2D eigenvalue weighted by molar-refractivity contribution is -0.159. The second kappa shape index (κ2) is 11.0. The van der Waals surface area contributed by atoms with Gasteiger partial charge in [-0.1, -0.05) is 24.3 Å². The molecular weight excluding hydrogens is 374 g/mol. The predicted molar refractivity (Wildman–Crippen MR) is 107 cm³/mol. The summed E-state index contributed by atoms with van der Waals surface area (Å²) >= 11 is 0. The van der Waals surface area contributed by atoms with Crippen molar-refractivity contribution in [3.05, 3.63) is 65.2 Å². The Balaban J connectivity index is 0.000000438. The fraction of sp³-hybridized carbons (Fsp3) is 0.318. The molecule has 0 atom stereocenters. The molecule has 0 saturated carbocycles. The fourth-order valence-corrected chi connectivity index (χ4v) is 2.89. The first-order chi connectivity index (χ1) is 13.8. The van der Waals surface area contributed by atoms with Gasteiger partial charge in [0, 0.05) is 12.1 Å².